The quantitative estimate of drug-likeness (QED) is 0.895. The van der Waals surface area contributed by atoms with Gasteiger partial charge in [-0.3, -0.25) is 0 Å². The number of hydrogen-bond acceptors (Lipinski definition) is 5. The zero-order chi connectivity index (χ0) is 14.0. The lowest BCUT2D eigenvalue weighted by molar-refractivity contribution is 0.0696. The molecule has 2 aromatic rings. The van der Waals surface area contributed by atoms with E-state index >= 15 is 0 Å². The summed E-state index contributed by atoms with van der Waals surface area (Å²) in [4.78, 5) is 19.8. The first kappa shape index (κ1) is 13.5. The Morgan fingerprint density at radius 1 is 1.37 bits per heavy atom. The number of carboxylic acids is 1. The van der Waals surface area contributed by atoms with Crippen LogP contribution in [-0.2, 0) is 0 Å². The third-order valence-corrected chi connectivity index (χ3v) is 3.41. The summed E-state index contributed by atoms with van der Waals surface area (Å²) in [5, 5.41) is 14.8. The van der Waals surface area contributed by atoms with Gasteiger partial charge >= 0.3 is 5.97 Å². The predicted molar refractivity (Wildman–Crippen MR) is 75.4 cm³/mol. The number of anilines is 2. The molecule has 2 N–H and O–H groups in total. The van der Waals surface area contributed by atoms with Gasteiger partial charge in [-0.05, 0) is 25.0 Å². The number of rotatable bonds is 4. The van der Waals surface area contributed by atoms with Crippen molar-refractivity contribution in [2.75, 3.05) is 5.32 Å². The highest BCUT2D eigenvalue weighted by molar-refractivity contribution is 7.13. The average molecular weight is 277 g/mol. The van der Waals surface area contributed by atoms with Crippen molar-refractivity contribution in [3.8, 4) is 0 Å². The molecule has 2 rings (SSSR count). The van der Waals surface area contributed by atoms with Gasteiger partial charge in [0.2, 0.25) is 0 Å². The van der Waals surface area contributed by atoms with E-state index in [9.17, 15) is 4.79 Å². The molecule has 0 saturated heterocycles. The maximum absolute atomic E-state index is 11.1. The minimum atomic E-state index is -0.956. The Kier molecular flexibility index (Phi) is 3.80. The molecular formula is C13H15N3O2S. The maximum atomic E-state index is 11.1. The highest BCUT2D eigenvalue weighted by Gasteiger charge is 2.11. The van der Waals surface area contributed by atoms with Crippen LogP contribution in [0.4, 0.5) is 10.9 Å². The van der Waals surface area contributed by atoms with Gasteiger partial charge in [0.05, 0.1) is 11.3 Å². The number of hydrogen-bond donors (Lipinski definition) is 2. The zero-order valence-electron chi connectivity index (χ0n) is 11.0. The number of pyridine rings is 1. The first-order valence-corrected chi connectivity index (χ1v) is 6.78. The van der Waals surface area contributed by atoms with Crippen LogP contribution in [0.15, 0.2) is 17.5 Å². The van der Waals surface area contributed by atoms with E-state index in [0.717, 1.165) is 11.4 Å². The van der Waals surface area contributed by atoms with Crippen LogP contribution >= 0.6 is 11.3 Å². The van der Waals surface area contributed by atoms with Crippen molar-refractivity contribution in [3.05, 3.63) is 34.5 Å². The van der Waals surface area contributed by atoms with Crippen molar-refractivity contribution in [3.63, 3.8) is 0 Å². The number of aromatic nitrogens is 2. The lowest BCUT2D eigenvalue weighted by Crippen LogP contribution is -2.04. The van der Waals surface area contributed by atoms with E-state index in [0.29, 0.717) is 10.9 Å². The fourth-order valence-electron chi connectivity index (χ4n) is 1.56. The summed E-state index contributed by atoms with van der Waals surface area (Å²) in [6.45, 7) is 5.86. The van der Waals surface area contributed by atoms with E-state index in [1.165, 1.54) is 17.4 Å². The number of nitrogens with zero attached hydrogens (tertiary/aromatic N) is 2. The second kappa shape index (κ2) is 5.36. The molecule has 2 heterocycles. The molecule has 0 saturated carbocycles. The summed E-state index contributed by atoms with van der Waals surface area (Å²) >= 11 is 1.46. The van der Waals surface area contributed by atoms with Gasteiger partial charge in [-0.2, -0.15) is 0 Å². The minimum absolute atomic E-state index is 0.165. The topological polar surface area (TPSA) is 75.1 Å². The predicted octanol–water partition coefficient (Wildman–Crippen LogP) is 3.41. The smallest absolute Gasteiger partial charge is 0.335 e. The molecule has 0 bridgehead atoms. The fraction of sp³-hybridized carbons (Fsp3) is 0.308. The van der Waals surface area contributed by atoms with E-state index in [-0.39, 0.29) is 11.5 Å². The summed E-state index contributed by atoms with van der Waals surface area (Å²) in [5.41, 5.74) is 1.90. The first-order chi connectivity index (χ1) is 8.95. The van der Waals surface area contributed by atoms with Gasteiger partial charge in [-0.1, -0.05) is 13.8 Å². The Morgan fingerprint density at radius 2 is 2.11 bits per heavy atom. The Bertz CT molecular complexity index is 608. The number of aryl methyl sites for hydroxylation is 1. The molecule has 2 aromatic heterocycles. The second-order valence-corrected chi connectivity index (χ2v) is 5.40. The number of thiazole rings is 1. The molecule has 0 spiro atoms. The van der Waals surface area contributed by atoms with Crippen LogP contribution in [0.3, 0.4) is 0 Å². The minimum Gasteiger partial charge on any atom is -0.478 e. The van der Waals surface area contributed by atoms with Crippen molar-refractivity contribution in [1.29, 1.82) is 0 Å². The monoisotopic (exact) mass is 277 g/mol. The molecule has 0 aliphatic carbocycles. The molecule has 0 amide bonds. The van der Waals surface area contributed by atoms with Gasteiger partial charge in [-0.15, -0.1) is 11.3 Å². The lowest BCUT2D eigenvalue weighted by Gasteiger charge is -2.09. The van der Waals surface area contributed by atoms with Crippen molar-refractivity contribution < 1.29 is 9.90 Å². The van der Waals surface area contributed by atoms with Crippen LogP contribution in [-0.4, -0.2) is 21.0 Å². The molecule has 0 fully saturated rings. The normalized spacial score (nSPS) is 10.7. The van der Waals surface area contributed by atoms with Crippen LogP contribution in [0, 0.1) is 6.92 Å². The Labute approximate surface area is 115 Å². The molecule has 0 atom stereocenters. The van der Waals surface area contributed by atoms with Crippen LogP contribution in [0.25, 0.3) is 0 Å². The van der Waals surface area contributed by atoms with Gasteiger partial charge in [0.1, 0.15) is 5.82 Å². The molecule has 19 heavy (non-hydrogen) atoms. The van der Waals surface area contributed by atoms with Crippen molar-refractivity contribution in [1.82, 2.24) is 9.97 Å². The van der Waals surface area contributed by atoms with E-state index in [4.69, 9.17) is 5.11 Å². The Balaban J connectivity index is 2.36. The highest BCUT2D eigenvalue weighted by atomic mass is 32.1. The summed E-state index contributed by atoms with van der Waals surface area (Å²) < 4.78 is 0. The molecule has 6 heteroatoms. The molecule has 0 aliphatic heterocycles. The molecule has 0 unspecified atom stereocenters. The van der Waals surface area contributed by atoms with Crippen LogP contribution in [0.1, 0.15) is 41.5 Å². The summed E-state index contributed by atoms with van der Waals surface area (Å²) in [6.07, 6.45) is 0. The standard InChI is InChI=1S/C13H15N3O2S/c1-7(2)10-4-9(12(17)18)5-11(15-10)16-13-14-8(3)6-19-13/h4-7H,1-3H3,(H,17,18)(H,14,15,16). The van der Waals surface area contributed by atoms with Gasteiger partial charge in [-0.25, -0.2) is 14.8 Å². The zero-order valence-corrected chi connectivity index (χ0v) is 11.8. The van der Waals surface area contributed by atoms with Crippen molar-refractivity contribution >= 4 is 28.3 Å². The van der Waals surface area contributed by atoms with Crippen molar-refractivity contribution in [2.45, 2.75) is 26.7 Å². The van der Waals surface area contributed by atoms with Crippen molar-refractivity contribution in [2.24, 2.45) is 0 Å². The van der Waals surface area contributed by atoms with Crippen LogP contribution < -0.4 is 5.32 Å². The maximum Gasteiger partial charge on any atom is 0.335 e. The number of aromatic carboxylic acids is 1. The molecular weight excluding hydrogens is 262 g/mol. The summed E-state index contributed by atoms with van der Waals surface area (Å²) in [5.74, 6) is -0.279. The van der Waals surface area contributed by atoms with E-state index in [2.05, 4.69) is 15.3 Å². The lowest BCUT2D eigenvalue weighted by atomic mass is 10.1. The third kappa shape index (κ3) is 3.29. The number of carbonyl (C=O) groups is 1. The van der Waals surface area contributed by atoms with Gasteiger partial charge in [0.25, 0.3) is 0 Å². The number of carboxylic acid groups (broad SMARTS) is 1. The first-order valence-electron chi connectivity index (χ1n) is 5.90. The molecule has 0 radical (unpaired) electrons. The SMILES string of the molecule is Cc1csc(Nc2cc(C(=O)O)cc(C(C)C)n2)n1. The average Bonchev–Trinajstić information content (AvgIpc) is 2.74. The second-order valence-electron chi connectivity index (χ2n) is 4.54. The van der Waals surface area contributed by atoms with Gasteiger partial charge < -0.3 is 10.4 Å². The Morgan fingerprint density at radius 3 is 2.63 bits per heavy atom. The van der Waals surface area contributed by atoms with E-state index < -0.39 is 5.97 Å². The Hall–Kier alpha value is -1.95. The van der Waals surface area contributed by atoms with Crippen LogP contribution in [0.5, 0.6) is 0 Å². The molecule has 0 aromatic carbocycles. The third-order valence-electron chi connectivity index (χ3n) is 2.54. The van der Waals surface area contributed by atoms with E-state index in [1.807, 2.05) is 26.2 Å². The van der Waals surface area contributed by atoms with Gasteiger partial charge in [0, 0.05) is 11.1 Å². The highest BCUT2D eigenvalue weighted by Crippen LogP contribution is 2.22. The van der Waals surface area contributed by atoms with Crippen LogP contribution in [0.2, 0.25) is 0 Å². The summed E-state index contributed by atoms with van der Waals surface area (Å²) in [7, 11) is 0. The fourth-order valence-corrected chi connectivity index (χ4v) is 2.25. The molecule has 5 nitrogen and oxygen atoms in total. The van der Waals surface area contributed by atoms with E-state index in [1.54, 1.807) is 6.07 Å². The summed E-state index contributed by atoms with van der Waals surface area (Å²) in [6, 6.07) is 3.12. The largest absolute Gasteiger partial charge is 0.478 e. The molecule has 100 valence electrons. The molecule has 0 aliphatic rings. The number of nitrogens with one attached hydrogen (secondary N) is 1. The van der Waals surface area contributed by atoms with Gasteiger partial charge in [0.15, 0.2) is 5.13 Å².